The van der Waals surface area contributed by atoms with Crippen LogP contribution in [0.5, 0.6) is 11.5 Å². The molecule has 3 heterocycles. The fourth-order valence-electron chi connectivity index (χ4n) is 8.66. The zero-order valence-corrected chi connectivity index (χ0v) is 38.1. The number of para-hydroxylation sites is 4. The predicted octanol–water partition coefficient (Wildman–Crippen LogP) is 14.7. The van der Waals surface area contributed by atoms with Crippen LogP contribution in [0.3, 0.4) is 0 Å². The molecule has 10 aromatic rings. The van der Waals surface area contributed by atoms with Crippen molar-refractivity contribution in [1.29, 1.82) is 0 Å². The second-order valence-corrected chi connectivity index (χ2v) is 19.1. The molecule has 0 aliphatic heterocycles. The summed E-state index contributed by atoms with van der Waals surface area (Å²) < 4.78 is 15.1. The van der Waals surface area contributed by atoms with Crippen molar-refractivity contribution < 1.29 is 24.1 Å². The standard InChI is InChI=1S/C56H48N4O.Pt/c1-55(2,3)40-30-31-57-53(34-40)60-49-25-14-13-22-47(49)48-29-28-43(36-52(48)60)61-44-33-41(56(4,5)6)32-42(35-44)58-37-59(51-27-16-15-26-50(51)58)54-45(38-18-9-7-10-19-38)23-17-24-46(54)39-20-11-8-12-21-39;/h7-36H,1-6H3;. The van der Waals surface area contributed by atoms with Gasteiger partial charge in [0.05, 0.1) is 0 Å². The van der Waals surface area contributed by atoms with Crippen LogP contribution in [0.4, 0.5) is 0 Å². The Hall–Kier alpha value is -6.55. The Balaban J connectivity index is 1.16. The van der Waals surface area contributed by atoms with Crippen molar-refractivity contribution in [3.05, 3.63) is 197 Å². The van der Waals surface area contributed by atoms with Crippen LogP contribution >= 0.6 is 0 Å². The zero-order valence-electron chi connectivity index (χ0n) is 35.8. The van der Waals surface area contributed by atoms with Crippen LogP contribution in [0, 0.1) is 3.80 Å². The first-order chi connectivity index (χ1) is 29.9. The molecule has 0 spiro atoms. The van der Waals surface area contributed by atoms with E-state index in [4.69, 9.17) is 9.72 Å². The van der Waals surface area contributed by atoms with Crippen LogP contribution in [-0.4, -0.2) is 18.7 Å². The molecule has 62 heavy (non-hydrogen) atoms. The second-order valence-electron chi connectivity index (χ2n) is 18.1. The molecule has 0 radical (unpaired) electrons. The second kappa shape index (κ2) is 15.4. The zero-order chi connectivity index (χ0) is 42.8. The molecule has 0 N–H and O–H groups in total. The van der Waals surface area contributed by atoms with Crippen molar-refractivity contribution in [2.24, 2.45) is 0 Å². The SMILES string of the molecule is CC(C)(C)c1cc(Oc2ccc3c4ccccc4n(-c4cc(C(C)(C)C)ccn4)c3c2)cc(-n2[c](=[Pt])n(-c3c(-c4ccccc4)cccc3-c3ccccc3)c3ccccc32)c1. The quantitative estimate of drug-likeness (QED) is 0.160. The van der Waals surface area contributed by atoms with Crippen LogP contribution < -0.4 is 4.74 Å². The average molecular weight is 988 g/mol. The Labute approximate surface area is 373 Å². The van der Waals surface area contributed by atoms with Gasteiger partial charge < -0.3 is 0 Å². The van der Waals surface area contributed by atoms with Gasteiger partial charge in [0.1, 0.15) is 0 Å². The number of benzene rings is 7. The molecule has 308 valence electrons. The van der Waals surface area contributed by atoms with Crippen molar-refractivity contribution >= 4 is 32.8 Å². The van der Waals surface area contributed by atoms with Crippen LogP contribution in [-0.2, 0) is 30.2 Å². The number of nitrogens with zero attached hydrogens (tertiary/aromatic N) is 4. The molecule has 0 bridgehead atoms. The molecule has 0 unspecified atom stereocenters. The number of rotatable bonds is 7. The Bertz CT molecular complexity index is 3300. The molecule has 0 saturated heterocycles. The van der Waals surface area contributed by atoms with E-state index in [9.17, 15) is 0 Å². The van der Waals surface area contributed by atoms with E-state index in [0.29, 0.717) is 0 Å². The van der Waals surface area contributed by atoms with E-state index in [0.717, 1.165) is 59.9 Å². The summed E-state index contributed by atoms with van der Waals surface area (Å²) >= 11 is 2.53. The van der Waals surface area contributed by atoms with E-state index in [1.807, 2.05) is 6.20 Å². The summed E-state index contributed by atoms with van der Waals surface area (Å²) in [5, 5.41) is 2.34. The van der Waals surface area contributed by atoms with Crippen LogP contribution in [0.15, 0.2) is 182 Å². The Morgan fingerprint density at radius 1 is 0.452 bits per heavy atom. The first-order valence-corrected chi connectivity index (χ1v) is 22.3. The molecule has 3 aromatic heterocycles. The number of fused-ring (bicyclic) bond motifs is 4. The summed E-state index contributed by atoms with van der Waals surface area (Å²) in [4.78, 5) is 4.91. The topological polar surface area (TPSA) is 36.9 Å². The molecule has 7 aromatic carbocycles. The Morgan fingerprint density at radius 3 is 1.68 bits per heavy atom. The fraction of sp³-hybridized carbons (Fsp3) is 0.143. The predicted molar refractivity (Wildman–Crippen MR) is 253 cm³/mol. The van der Waals surface area contributed by atoms with Gasteiger partial charge in [-0.2, -0.15) is 0 Å². The van der Waals surface area contributed by atoms with Crippen molar-refractivity contribution in [3.63, 3.8) is 0 Å². The average Bonchev–Trinajstić information content (AvgIpc) is 3.76. The number of hydrogen-bond acceptors (Lipinski definition) is 2. The van der Waals surface area contributed by atoms with Gasteiger partial charge in [-0.15, -0.1) is 0 Å². The van der Waals surface area contributed by atoms with Gasteiger partial charge in [-0.05, 0) is 17.0 Å². The number of hydrogen-bond donors (Lipinski definition) is 0. The van der Waals surface area contributed by atoms with Gasteiger partial charge in [-0.1, -0.05) is 32.9 Å². The van der Waals surface area contributed by atoms with Crippen molar-refractivity contribution in [2.75, 3.05) is 0 Å². The molecule has 0 aliphatic carbocycles. The molecule has 10 rings (SSSR count). The van der Waals surface area contributed by atoms with Crippen molar-refractivity contribution in [3.8, 4) is 50.9 Å². The Morgan fingerprint density at radius 2 is 1.03 bits per heavy atom. The van der Waals surface area contributed by atoms with E-state index in [2.05, 4.69) is 251 Å². The van der Waals surface area contributed by atoms with E-state index in [1.165, 1.54) is 38.8 Å². The van der Waals surface area contributed by atoms with Crippen molar-refractivity contribution in [1.82, 2.24) is 18.7 Å². The monoisotopic (exact) mass is 987 g/mol. The molecule has 5 nitrogen and oxygen atoms in total. The Kier molecular flexibility index (Phi) is 9.84. The summed E-state index contributed by atoms with van der Waals surface area (Å²) in [7, 11) is 0. The maximum absolute atomic E-state index is 6.99. The summed E-state index contributed by atoms with van der Waals surface area (Å²) in [6.45, 7) is 13.5. The third-order valence-electron chi connectivity index (χ3n) is 11.9. The van der Waals surface area contributed by atoms with Crippen LogP contribution in [0.1, 0.15) is 52.7 Å². The van der Waals surface area contributed by atoms with Gasteiger partial charge in [-0.3, -0.25) is 0 Å². The summed E-state index contributed by atoms with van der Waals surface area (Å²) in [5.74, 6) is 2.43. The number of pyridine rings is 1. The maximum atomic E-state index is 6.99. The van der Waals surface area contributed by atoms with E-state index in [1.54, 1.807) is 0 Å². The van der Waals surface area contributed by atoms with Gasteiger partial charge in [0.25, 0.3) is 0 Å². The molecular weight excluding hydrogens is 940 g/mol. The van der Waals surface area contributed by atoms with E-state index < -0.39 is 0 Å². The molecule has 0 saturated carbocycles. The summed E-state index contributed by atoms with van der Waals surface area (Å²) in [6, 6.07) is 62.9. The summed E-state index contributed by atoms with van der Waals surface area (Å²) in [5.41, 5.74) is 13.5. The number of imidazole rings is 1. The molecule has 0 amide bonds. The number of aromatic nitrogens is 4. The van der Waals surface area contributed by atoms with Gasteiger partial charge in [0.2, 0.25) is 0 Å². The van der Waals surface area contributed by atoms with E-state index in [-0.39, 0.29) is 10.8 Å². The molecule has 0 atom stereocenters. The molecular formula is C56H48N4OPt. The third-order valence-corrected chi connectivity index (χ3v) is 12.9. The molecule has 0 fully saturated rings. The van der Waals surface area contributed by atoms with E-state index >= 15 is 0 Å². The first kappa shape index (κ1) is 39.6. The normalized spacial score (nSPS) is 12.1. The minimum atomic E-state index is -0.154. The fourth-order valence-corrected chi connectivity index (χ4v) is 9.76. The van der Waals surface area contributed by atoms with Crippen LogP contribution in [0.2, 0.25) is 0 Å². The number of ether oxygens (including phenoxy) is 1. The first-order valence-electron chi connectivity index (χ1n) is 21.2. The molecule has 6 heteroatoms. The third kappa shape index (κ3) is 7.05. The van der Waals surface area contributed by atoms with Gasteiger partial charge >= 0.3 is 320 Å². The summed E-state index contributed by atoms with van der Waals surface area (Å²) in [6.07, 6.45) is 1.93. The van der Waals surface area contributed by atoms with Crippen molar-refractivity contribution in [2.45, 2.75) is 52.4 Å². The van der Waals surface area contributed by atoms with Crippen LogP contribution in [0.25, 0.3) is 72.3 Å². The minimum absolute atomic E-state index is 0.0157. The van der Waals surface area contributed by atoms with Gasteiger partial charge in [0, 0.05) is 6.20 Å². The van der Waals surface area contributed by atoms with Gasteiger partial charge in [-0.25, -0.2) is 0 Å². The molecule has 0 aliphatic rings. The van der Waals surface area contributed by atoms with Gasteiger partial charge in [0.15, 0.2) is 0 Å².